The Kier molecular flexibility index (Phi) is 3.56. The molecule has 0 radical (unpaired) electrons. The van der Waals surface area contributed by atoms with E-state index in [9.17, 15) is 13.6 Å². The molecular formula is C10H11F2NO. The lowest BCUT2D eigenvalue weighted by Crippen LogP contribution is -2.12. The molecule has 0 saturated carbocycles. The number of alkyl halides is 2. The van der Waals surface area contributed by atoms with Crippen LogP contribution in [0.5, 0.6) is 0 Å². The molecule has 0 aliphatic heterocycles. The Morgan fingerprint density at radius 3 is 2.64 bits per heavy atom. The predicted octanol–water partition coefficient (Wildman–Crippen LogP) is 2.57. The van der Waals surface area contributed by atoms with Crippen molar-refractivity contribution in [3.8, 4) is 0 Å². The van der Waals surface area contributed by atoms with E-state index in [-0.39, 0.29) is 5.78 Å². The number of benzene rings is 1. The molecular weight excluding hydrogens is 188 g/mol. The third-order valence-corrected chi connectivity index (χ3v) is 1.75. The molecule has 0 aliphatic rings. The summed E-state index contributed by atoms with van der Waals surface area (Å²) in [6.07, 6.45) is -2.42. The Morgan fingerprint density at radius 2 is 2.07 bits per heavy atom. The zero-order valence-corrected chi connectivity index (χ0v) is 7.76. The predicted molar refractivity (Wildman–Crippen MR) is 50.9 cm³/mol. The molecule has 0 aliphatic carbocycles. The van der Waals surface area contributed by atoms with Crippen LogP contribution in [0.4, 0.5) is 14.5 Å². The summed E-state index contributed by atoms with van der Waals surface area (Å²) in [7, 11) is 0. The van der Waals surface area contributed by atoms with Crippen molar-refractivity contribution in [1.82, 2.24) is 0 Å². The Balaban J connectivity index is 2.79. The highest BCUT2D eigenvalue weighted by Gasteiger charge is 2.07. The van der Waals surface area contributed by atoms with E-state index in [0.717, 1.165) is 0 Å². The largest absolute Gasteiger partial charge is 0.379 e. The molecule has 76 valence electrons. The van der Waals surface area contributed by atoms with Crippen molar-refractivity contribution in [3.05, 3.63) is 29.8 Å². The first-order valence-corrected chi connectivity index (χ1v) is 4.23. The second kappa shape index (κ2) is 4.69. The first-order chi connectivity index (χ1) is 6.61. The third kappa shape index (κ3) is 2.80. The standard InChI is InChI=1S/C10H11F2NO/c1-7(14)8-4-2-3-5-9(8)13-6-10(11)12/h2-5,10,13H,6H2,1H3. The maximum absolute atomic E-state index is 11.9. The monoisotopic (exact) mass is 199 g/mol. The average molecular weight is 199 g/mol. The number of carbonyl (C=O) groups is 1. The number of carbonyl (C=O) groups excluding carboxylic acids is 1. The number of hydrogen-bond acceptors (Lipinski definition) is 2. The molecule has 4 heteroatoms. The number of ketones is 1. The fraction of sp³-hybridized carbons (Fsp3) is 0.300. The number of hydrogen-bond donors (Lipinski definition) is 1. The number of rotatable bonds is 4. The molecule has 0 amide bonds. The Bertz CT molecular complexity index is 326. The summed E-state index contributed by atoms with van der Waals surface area (Å²) in [6, 6.07) is 6.61. The number of anilines is 1. The van der Waals surface area contributed by atoms with Crippen LogP contribution >= 0.6 is 0 Å². The van der Waals surface area contributed by atoms with Gasteiger partial charge < -0.3 is 5.32 Å². The fourth-order valence-electron chi connectivity index (χ4n) is 1.13. The normalized spacial score (nSPS) is 10.3. The van der Waals surface area contributed by atoms with Crippen molar-refractivity contribution in [1.29, 1.82) is 0 Å². The van der Waals surface area contributed by atoms with Crippen LogP contribution in [0, 0.1) is 0 Å². The van der Waals surface area contributed by atoms with Crippen molar-refractivity contribution in [3.63, 3.8) is 0 Å². The van der Waals surface area contributed by atoms with E-state index in [1.54, 1.807) is 24.3 Å². The number of para-hydroxylation sites is 1. The van der Waals surface area contributed by atoms with E-state index in [1.165, 1.54) is 6.92 Å². The number of halogens is 2. The number of Topliss-reactive ketones (excluding diaryl/α,β-unsaturated/α-hetero) is 1. The second-order valence-corrected chi connectivity index (χ2v) is 2.87. The zero-order valence-electron chi connectivity index (χ0n) is 7.76. The van der Waals surface area contributed by atoms with E-state index in [2.05, 4.69) is 5.32 Å². The molecule has 1 N–H and O–H groups in total. The highest BCUT2D eigenvalue weighted by atomic mass is 19.3. The molecule has 0 aromatic heterocycles. The van der Waals surface area contributed by atoms with Crippen LogP contribution in [0.15, 0.2) is 24.3 Å². The minimum absolute atomic E-state index is 0.137. The van der Waals surface area contributed by atoms with E-state index >= 15 is 0 Å². The van der Waals surface area contributed by atoms with Gasteiger partial charge in [0.25, 0.3) is 6.43 Å². The van der Waals surface area contributed by atoms with E-state index in [4.69, 9.17) is 0 Å². The van der Waals surface area contributed by atoms with Gasteiger partial charge in [0.15, 0.2) is 5.78 Å². The van der Waals surface area contributed by atoms with Crippen molar-refractivity contribution in [2.75, 3.05) is 11.9 Å². The molecule has 0 bridgehead atoms. The summed E-state index contributed by atoms with van der Waals surface area (Å²) < 4.78 is 23.8. The highest BCUT2D eigenvalue weighted by Crippen LogP contribution is 2.15. The first-order valence-electron chi connectivity index (χ1n) is 4.23. The minimum atomic E-state index is -2.42. The molecule has 0 fully saturated rings. The van der Waals surface area contributed by atoms with Crippen molar-refractivity contribution < 1.29 is 13.6 Å². The molecule has 0 saturated heterocycles. The molecule has 0 unspecified atom stereocenters. The van der Waals surface area contributed by atoms with Crippen molar-refractivity contribution in [2.24, 2.45) is 0 Å². The van der Waals surface area contributed by atoms with Gasteiger partial charge in [0.1, 0.15) is 0 Å². The summed E-state index contributed by atoms with van der Waals surface area (Å²) in [5.74, 6) is -0.137. The SMILES string of the molecule is CC(=O)c1ccccc1NCC(F)F. The lowest BCUT2D eigenvalue weighted by atomic mass is 10.1. The van der Waals surface area contributed by atoms with E-state index < -0.39 is 13.0 Å². The van der Waals surface area contributed by atoms with Gasteiger partial charge in [-0.2, -0.15) is 0 Å². The van der Waals surface area contributed by atoms with Crippen LogP contribution in [0.3, 0.4) is 0 Å². The lowest BCUT2D eigenvalue weighted by molar-refractivity contribution is 0.101. The Labute approximate surface area is 80.9 Å². The minimum Gasteiger partial charge on any atom is -0.379 e. The van der Waals surface area contributed by atoms with Crippen molar-refractivity contribution >= 4 is 11.5 Å². The van der Waals surface area contributed by atoms with Gasteiger partial charge in [-0.25, -0.2) is 8.78 Å². The molecule has 1 aromatic rings. The zero-order chi connectivity index (χ0) is 10.6. The van der Waals surface area contributed by atoms with E-state index in [0.29, 0.717) is 11.3 Å². The van der Waals surface area contributed by atoms with Gasteiger partial charge in [-0.3, -0.25) is 4.79 Å². The summed E-state index contributed by atoms with van der Waals surface area (Å²) in [4.78, 5) is 11.1. The van der Waals surface area contributed by atoms with Gasteiger partial charge in [0.05, 0.1) is 6.54 Å². The second-order valence-electron chi connectivity index (χ2n) is 2.87. The van der Waals surface area contributed by atoms with Crippen LogP contribution in [0.1, 0.15) is 17.3 Å². The summed E-state index contributed by atoms with van der Waals surface area (Å²) in [5.41, 5.74) is 0.897. The molecule has 1 rings (SSSR count). The first kappa shape index (κ1) is 10.6. The van der Waals surface area contributed by atoms with Crippen LogP contribution in [-0.4, -0.2) is 18.8 Å². The summed E-state index contributed by atoms with van der Waals surface area (Å²) in [6.45, 7) is 0.965. The van der Waals surface area contributed by atoms with Gasteiger partial charge in [0, 0.05) is 11.3 Å². The summed E-state index contributed by atoms with van der Waals surface area (Å²) in [5, 5.41) is 2.52. The quantitative estimate of drug-likeness (QED) is 0.755. The van der Waals surface area contributed by atoms with Gasteiger partial charge in [-0.05, 0) is 19.1 Å². The van der Waals surface area contributed by atoms with Gasteiger partial charge >= 0.3 is 0 Å². The van der Waals surface area contributed by atoms with Gasteiger partial charge in [0.2, 0.25) is 0 Å². The van der Waals surface area contributed by atoms with Crippen LogP contribution in [0.2, 0.25) is 0 Å². The van der Waals surface area contributed by atoms with Gasteiger partial charge in [-0.1, -0.05) is 12.1 Å². The maximum Gasteiger partial charge on any atom is 0.255 e. The topological polar surface area (TPSA) is 29.1 Å². The van der Waals surface area contributed by atoms with E-state index in [1.807, 2.05) is 0 Å². The molecule has 0 atom stereocenters. The smallest absolute Gasteiger partial charge is 0.255 e. The molecule has 0 heterocycles. The average Bonchev–Trinajstić information content (AvgIpc) is 2.15. The van der Waals surface area contributed by atoms with Crippen LogP contribution < -0.4 is 5.32 Å². The van der Waals surface area contributed by atoms with Crippen LogP contribution in [-0.2, 0) is 0 Å². The molecule has 0 spiro atoms. The maximum atomic E-state index is 11.9. The fourth-order valence-corrected chi connectivity index (χ4v) is 1.13. The van der Waals surface area contributed by atoms with Crippen LogP contribution in [0.25, 0.3) is 0 Å². The Morgan fingerprint density at radius 1 is 1.43 bits per heavy atom. The third-order valence-electron chi connectivity index (χ3n) is 1.75. The van der Waals surface area contributed by atoms with Gasteiger partial charge in [-0.15, -0.1) is 0 Å². The molecule has 14 heavy (non-hydrogen) atoms. The molecule has 1 aromatic carbocycles. The lowest BCUT2D eigenvalue weighted by Gasteiger charge is -2.08. The Hall–Kier alpha value is -1.45. The summed E-state index contributed by atoms with van der Waals surface area (Å²) >= 11 is 0. The van der Waals surface area contributed by atoms with Crippen molar-refractivity contribution in [2.45, 2.75) is 13.3 Å². The highest BCUT2D eigenvalue weighted by molar-refractivity contribution is 5.99. The number of nitrogens with one attached hydrogen (secondary N) is 1. The molecule has 2 nitrogen and oxygen atoms in total.